The van der Waals surface area contributed by atoms with Crippen LogP contribution < -0.4 is 4.74 Å². The standard InChI is InChI=1S/C10H8Br2O2/c1-3-9(13)6-4-8(12)10(14-2)5-7(6)11/h3-5H,1H2,2H3. The Hall–Kier alpha value is -0.610. The van der Waals surface area contributed by atoms with Crippen molar-refractivity contribution >= 4 is 37.6 Å². The van der Waals surface area contributed by atoms with E-state index in [-0.39, 0.29) is 5.78 Å². The smallest absolute Gasteiger partial charge is 0.186 e. The molecular formula is C10H8Br2O2. The third kappa shape index (κ3) is 2.25. The van der Waals surface area contributed by atoms with Gasteiger partial charge in [0, 0.05) is 10.0 Å². The van der Waals surface area contributed by atoms with Crippen LogP contribution in [-0.2, 0) is 0 Å². The number of benzene rings is 1. The van der Waals surface area contributed by atoms with Crippen LogP contribution in [0, 0.1) is 0 Å². The van der Waals surface area contributed by atoms with E-state index in [2.05, 4.69) is 38.4 Å². The average Bonchev–Trinajstić information content (AvgIpc) is 2.19. The van der Waals surface area contributed by atoms with Gasteiger partial charge in [-0.25, -0.2) is 0 Å². The predicted octanol–water partition coefficient (Wildman–Crippen LogP) is 3.59. The van der Waals surface area contributed by atoms with Crippen LogP contribution in [0.4, 0.5) is 0 Å². The van der Waals surface area contributed by atoms with E-state index in [0.29, 0.717) is 15.8 Å². The molecule has 1 rings (SSSR count). The first-order chi connectivity index (χ1) is 6.60. The maximum atomic E-state index is 11.4. The van der Waals surface area contributed by atoms with Gasteiger partial charge in [-0.15, -0.1) is 0 Å². The fourth-order valence-corrected chi connectivity index (χ4v) is 2.01. The number of ketones is 1. The third-order valence-corrected chi connectivity index (χ3v) is 2.97. The van der Waals surface area contributed by atoms with Crippen molar-refractivity contribution in [1.29, 1.82) is 0 Å². The second-order valence-corrected chi connectivity index (χ2v) is 4.24. The summed E-state index contributed by atoms with van der Waals surface area (Å²) in [5.41, 5.74) is 0.563. The molecule has 74 valence electrons. The summed E-state index contributed by atoms with van der Waals surface area (Å²) in [6, 6.07) is 3.44. The largest absolute Gasteiger partial charge is 0.496 e. The van der Waals surface area contributed by atoms with Gasteiger partial charge in [0.05, 0.1) is 11.6 Å². The number of hydrogen-bond acceptors (Lipinski definition) is 2. The summed E-state index contributed by atoms with van der Waals surface area (Å²) in [6.07, 6.45) is 1.28. The van der Waals surface area contributed by atoms with Gasteiger partial charge < -0.3 is 4.74 Å². The highest BCUT2D eigenvalue weighted by molar-refractivity contribution is 9.11. The van der Waals surface area contributed by atoms with Crippen LogP contribution in [0.3, 0.4) is 0 Å². The number of halogens is 2. The molecule has 0 amide bonds. The zero-order chi connectivity index (χ0) is 10.7. The molecule has 0 bridgehead atoms. The summed E-state index contributed by atoms with van der Waals surface area (Å²) < 4.78 is 6.52. The van der Waals surface area contributed by atoms with Crippen LogP contribution in [-0.4, -0.2) is 12.9 Å². The molecule has 0 unspecified atom stereocenters. The molecule has 0 aliphatic carbocycles. The Morgan fingerprint density at radius 2 is 2.07 bits per heavy atom. The van der Waals surface area contributed by atoms with Crippen molar-refractivity contribution in [3.8, 4) is 5.75 Å². The maximum absolute atomic E-state index is 11.4. The van der Waals surface area contributed by atoms with Gasteiger partial charge in [-0.2, -0.15) is 0 Å². The highest BCUT2D eigenvalue weighted by atomic mass is 79.9. The van der Waals surface area contributed by atoms with Crippen molar-refractivity contribution in [3.05, 3.63) is 39.3 Å². The topological polar surface area (TPSA) is 26.3 Å². The SMILES string of the molecule is C=CC(=O)c1cc(Br)c(OC)cc1Br. The first kappa shape index (κ1) is 11.5. The molecule has 0 atom stereocenters. The number of hydrogen-bond donors (Lipinski definition) is 0. The molecule has 0 N–H and O–H groups in total. The highest BCUT2D eigenvalue weighted by Crippen LogP contribution is 2.31. The Balaban J connectivity index is 3.28. The van der Waals surface area contributed by atoms with Gasteiger partial charge in [0.15, 0.2) is 5.78 Å². The fourth-order valence-electron chi connectivity index (χ4n) is 0.984. The Morgan fingerprint density at radius 3 is 2.57 bits per heavy atom. The van der Waals surface area contributed by atoms with E-state index in [1.807, 2.05) is 0 Å². The normalized spacial score (nSPS) is 9.64. The van der Waals surface area contributed by atoms with Crippen LogP contribution in [0.15, 0.2) is 33.7 Å². The fraction of sp³-hybridized carbons (Fsp3) is 0.100. The lowest BCUT2D eigenvalue weighted by Gasteiger charge is -2.06. The Morgan fingerprint density at radius 1 is 1.43 bits per heavy atom. The van der Waals surface area contributed by atoms with E-state index in [0.717, 1.165) is 4.47 Å². The van der Waals surface area contributed by atoms with E-state index in [4.69, 9.17) is 4.74 Å². The lowest BCUT2D eigenvalue weighted by atomic mass is 10.1. The van der Waals surface area contributed by atoms with Gasteiger partial charge in [0.1, 0.15) is 5.75 Å². The number of methoxy groups -OCH3 is 1. The second-order valence-electron chi connectivity index (χ2n) is 2.53. The molecule has 0 aromatic heterocycles. The van der Waals surface area contributed by atoms with Crippen LogP contribution in [0.1, 0.15) is 10.4 Å². The van der Waals surface area contributed by atoms with Gasteiger partial charge in [-0.05, 0) is 50.1 Å². The van der Waals surface area contributed by atoms with Gasteiger partial charge in [-0.3, -0.25) is 4.79 Å². The predicted molar refractivity (Wildman–Crippen MR) is 62.9 cm³/mol. The quantitative estimate of drug-likeness (QED) is 0.628. The minimum absolute atomic E-state index is 0.125. The molecule has 14 heavy (non-hydrogen) atoms. The molecule has 0 saturated carbocycles. The number of carbonyl (C=O) groups is 1. The Labute approximate surface area is 99.2 Å². The molecule has 1 aromatic rings. The molecule has 2 nitrogen and oxygen atoms in total. The first-order valence-corrected chi connectivity index (χ1v) is 5.38. The van der Waals surface area contributed by atoms with Gasteiger partial charge in [-0.1, -0.05) is 6.58 Å². The summed E-state index contributed by atoms with van der Waals surface area (Å²) in [5.74, 6) is 0.553. The Kier molecular flexibility index (Phi) is 3.89. The van der Waals surface area contributed by atoms with E-state index in [9.17, 15) is 4.79 Å². The number of rotatable bonds is 3. The lowest BCUT2D eigenvalue weighted by molar-refractivity contribution is 0.104. The van der Waals surface area contributed by atoms with E-state index in [1.54, 1.807) is 19.2 Å². The van der Waals surface area contributed by atoms with Crippen LogP contribution >= 0.6 is 31.9 Å². The molecule has 0 aliphatic heterocycles. The van der Waals surface area contributed by atoms with Crippen molar-refractivity contribution in [2.24, 2.45) is 0 Å². The molecular weight excluding hydrogens is 312 g/mol. The zero-order valence-corrected chi connectivity index (χ0v) is 10.7. The van der Waals surface area contributed by atoms with Crippen LogP contribution in [0.5, 0.6) is 5.75 Å². The van der Waals surface area contributed by atoms with Crippen LogP contribution in [0.25, 0.3) is 0 Å². The average molecular weight is 320 g/mol. The van der Waals surface area contributed by atoms with Gasteiger partial charge >= 0.3 is 0 Å². The molecule has 0 aliphatic rings. The van der Waals surface area contributed by atoms with E-state index in [1.165, 1.54) is 6.08 Å². The summed E-state index contributed by atoms with van der Waals surface area (Å²) >= 11 is 6.60. The summed E-state index contributed by atoms with van der Waals surface area (Å²) in [5, 5.41) is 0. The minimum atomic E-state index is -0.125. The summed E-state index contributed by atoms with van der Waals surface area (Å²) in [4.78, 5) is 11.4. The maximum Gasteiger partial charge on any atom is 0.186 e. The van der Waals surface area contributed by atoms with E-state index < -0.39 is 0 Å². The van der Waals surface area contributed by atoms with Gasteiger partial charge in [0.2, 0.25) is 0 Å². The van der Waals surface area contributed by atoms with Gasteiger partial charge in [0.25, 0.3) is 0 Å². The van der Waals surface area contributed by atoms with Crippen molar-refractivity contribution < 1.29 is 9.53 Å². The van der Waals surface area contributed by atoms with Crippen molar-refractivity contribution in [3.63, 3.8) is 0 Å². The van der Waals surface area contributed by atoms with Crippen LogP contribution in [0.2, 0.25) is 0 Å². The lowest BCUT2D eigenvalue weighted by Crippen LogP contribution is -1.96. The molecule has 0 fully saturated rings. The molecule has 4 heteroatoms. The van der Waals surface area contributed by atoms with Crippen molar-refractivity contribution in [1.82, 2.24) is 0 Å². The molecule has 0 radical (unpaired) electrons. The molecule has 1 aromatic carbocycles. The summed E-state index contributed by atoms with van der Waals surface area (Å²) in [6.45, 7) is 3.43. The van der Waals surface area contributed by atoms with Crippen molar-refractivity contribution in [2.75, 3.05) is 7.11 Å². The molecule has 0 heterocycles. The van der Waals surface area contributed by atoms with E-state index >= 15 is 0 Å². The first-order valence-electron chi connectivity index (χ1n) is 3.80. The number of carbonyl (C=O) groups excluding carboxylic acids is 1. The number of ether oxygens (including phenoxy) is 1. The third-order valence-electron chi connectivity index (χ3n) is 1.69. The second kappa shape index (κ2) is 4.75. The van der Waals surface area contributed by atoms with Crippen molar-refractivity contribution in [2.45, 2.75) is 0 Å². The molecule has 0 spiro atoms. The minimum Gasteiger partial charge on any atom is -0.496 e. The number of allylic oxidation sites excluding steroid dienone is 1. The monoisotopic (exact) mass is 318 g/mol. The summed E-state index contributed by atoms with van der Waals surface area (Å²) in [7, 11) is 1.57. The molecule has 0 saturated heterocycles. The zero-order valence-electron chi connectivity index (χ0n) is 7.51. The highest BCUT2D eigenvalue weighted by Gasteiger charge is 2.10. The Bertz CT molecular complexity index is 386.